The van der Waals surface area contributed by atoms with Crippen LogP contribution in [0, 0.1) is 31.6 Å². The van der Waals surface area contributed by atoms with Gasteiger partial charge in [0.1, 0.15) is 11.4 Å². The van der Waals surface area contributed by atoms with Gasteiger partial charge in [0.25, 0.3) is 0 Å². The Bertz CT molecular complexity index is 701. The van der Waals surface area contributed by atoms with E-state index in [9.17, 15) is 0 Å². The van der Waals surface area contributed by atoms with Crippen molar-refractivity contribution in [2.24, 2.45) is 17.8 Å². The summed E-state index contributed by atoms with van der Waals surface area (Å²) in [6, 6.07) is 2.42. The maximum absolute atomic E-state index is 6.71. The van der Waals surface area contributed by atoms with E-state index in [1.807, 2.05) is 0 Å². The first-order valence-corrected chi connectivity index (χ1v) is 13.8. The predicted molar refractivity (Wildman–Crippen MR) is 142 cm³/mol. The van der Waals surface area contributed by atoms with E-state index >= 15 is 0 Å². The van der Waals surface area contributed by atoms with E-state index in [4.69, 9.17) is 4.74 Å². The molecule has 0 saturated heterocycles. The van der Waals surface area contributed by atoms with Crippen LogP contribution in [0.25, 0.3) is 0 Å². The molecule has 184 valence electrons. The second-order valence-electron chi connectivity index (χ2n) is 12.3. The van der Waals surface area contributed by atoms with Crippen LogP contribution in [0.4, 0.5) is 0 Å². The Kier molecular flexibility index (Phi) is 10.6. The van der Waals surface area contributed by atoms with Gasteiger partial charge in [-0.2, -0.15) is 0 Å². The molecule has 32 heavy (non-hydrogen) atoms. The van der Waals surface area contributed by atoms with E-state index in [1.54, 1.807) is 0 Å². The van der Waals surface area contributed by atoms with Crippen molar-refractivity contribution in [1.29, 1.82) is 0 Å². The second kappa shape index (κ2) is 12.5. The van der Waals surface area contributed by atoms with Crippen LogP contribution in [0.1, 0.15) is 141 Å². The largest absolute Gasteiger partial charge is 0.487 e. The Morgan fingerprint density at radius 3 is 1.94 bits per heavy atom. The van der Waals surface area contributed by atoms with Gasteiger partial charge in [-0.3, -0.25) is 0 Å². The minimum absolute atomic E-state index is 0.00813. The Hall–Kier alpha value is -0.980. The molecule has 1 aliphatic heterocycles. The first-order chi connectivity index (χ1) is 15.0. The van der Waals surface area contributed by atoms with Crippen molar-refractivity contribution >= 4 is 0 Å². The van der Waals surface area contributed by atoms with Gasteiger partial charge in [-0.05, 0) is 92.4 Å². The summed E-state index contributed by atoms with van der Waals surface area (Å²) in [6.45, 7) is 21.1. The zero-order valence-corrected chi connectivity index (χ0v) is 23.1. The van der Waals surface area contributed by atoms with E-state index in [0.717, 1.165) is 30.6 Å². The van der Waals surface area contributed by atoms with Gasteiger partial charge in [-0.1, -0.05) is 92.6 Å². The molecule has 1 aliphatic rings. The minimum Gasteiger partial charge on any atom is -0.487 e. The Labute approximate surface area is 201 Å². The van der Waals surface area contributed by atoms with Gasteiger partial charge in [0.15, 0.2) is 0 Å². The molecule has 1 aromatic carbocycles. The van der Waals surface area contributed by atoms with Crippen LogP contribution in [-0.2, 0) is 6.42 Å². The monoisotopic (exact) mass is 442 g/mol. The van der Waals surface area contributed by atoms with E-state index in [2.05, 4.69) is 68.4 Å². The van der Waals surface area contributed by atoms with Gasteiger partial charge < -0.3 is 4.74 Å². The van der Waals surface area contributed by atoms with Gasteiger partial charge in [0, 0.05) is 0 Å². The lowest BCUT2D eigenvalue weighted by Crippen LogP contribution is -2.37. The third kappa shape index (κ3) is 8.11. The van der Waals surface area contributed by atoms with Crippen LogP contribution >= 0.6 is 0 Å². The lowest BCUT2D eigenvalue weighted by molar-refractivity contribution is 0.0515. The van der Waals surface area contributed by atoms with Gasteiger partial charge >= 0.3 is 0 Å². The fourth-order valence-corrected chi connectivity index (χ4v) is 5.59. The van der Waals surface area contributed by atoms with E-state index in [-0.39, 0.29) is 5.60 Å². The number of rotatable bonds is 13. The highest BCUT2D eigenvalue weighted by molar-refractivity contribution is 5.51. The summed E-state index contributed by atoms with van der Waals surface area (Å²) in [4.78, 5) is 0. The third-order valence-electron chi connectivity index (χ3n) is 8.13. The molecule has 0 aromatic heterocycles. The van der Waals surface area contributed by atoms with Crippen molar-refractivity contribution in [3.05, 3.63) is 28.3 Å². The highest BCUT2D eigenvalue weighted by Crippen LogP contribution is 2.41. The van der Waals surface area contributed by atoms with Crippen LogP contribution in [-0.4, -0.2) is 5.60 Å². The summed E-state index contributed by atoms with van der Waals surface area (Å²) in [5, 5.41) is 0. The molecule has 1 heterocycles. The molecule has 2 rings (SSSR count). The number of benzene rings is 1. The zero-order chi connectivity index (χ0) is 23.9. The van der Waals surface area contributed by atoms with Crippen molar-refractivity contribution in [1.82, 2.24) is 0 Å². The van der Waals surface area contributed by atoms with Gasteiger partial charge in [-0.25, -0.2) is 0 Å². The molecule has 0 bridgehead atoms. The fourth-order valence-electron chi connectivity index (χ4n) is 5.59. The smallest absolute Gasteiger partial charge is 0.126 e. The van der Waals surface area contributed by atoms with Gasteiger partial charge in [-0.15, -0.1) is 0 Å². The lowest BCUT2D eigenvalue weighted by Gasteiger charge is -2.38. The molecule has 0 fully saturated rings. The molecule has 0 radical (unpaired) electrons. The summed E-state index contributed by atoms with van der Waals surface area (Å²) >= 11 is 0. The van der Waals surface area contributed by atoms with E-state index in [1.165, 1.54) is 85.8 Å². The highest BCUT2D eigenvalue weighted by atomic mass is 16.5. The number of hydrogen-bond donors (Lipinski definition) is 0. The molecule has 1 heteroatoms. The highest BCUT2D eigenvalue weighted by Gasteiger charge is 2.33. The minimum atomic E-state index is 0.00813. The van der Waals surface area contributed by atoms with E-state index in [0.29, 0.717) is 5.92 Å². The van der Waals surface area contributed by atoms with Crippen LogP contribution < -0.4 is 4.74 Å². The second-order valence-corrected chi connectivity index (χ2v) is 12.3. The number of hydrogen-bond acceptors (Lipinski definition) is 1. The molecule has 0 N–H and O–H groups in total. The van der Waals surface area contributed by atoms with Crippen molar-refractivity contribution in [3.8, 4) is 5.75 Å². The Morgan fingerprint density at radius 2 is 1.38 bits per heavy atom. The first kappa shape index (κ1) is 27.3. The van der Waals surface area contributed by atoms with E-state index < -0.39 is 0 Å². The summed E-state index contributed by atoms with van der Waals surface area (Å²) in [7, 11) is 0. The average molecular weight is 443 g/mol. The van der Waals surface area contributed by atoms with Crippen molar-refractivity contribution in [3.63, 3.8) is 0 Å². The van der Waals surface area contributed by atoms with Crippen molar-refractivity contribution in [2.45, 2.75) is 144 Å². The Balaban J connectivity index is 1.75. The van der Waals surface area contributed by atoms with Crippen molar-refractivity contribution in [2.75, 3.05) is 0 Å². The standard InChI is InChI=1S/C31H54O/c1-22(2)13-10-14-24(5)15-11-16-25(6)17-12-19-31(9)20-18-28-21-29(23(3)4)26(7)27(8)30(28)32-31/h21-25H,10-20H2,1-9H3. The molecule has 3 atom stereocenters. The normalized spacial score (nSPS) is 20.3. The number of aryl methyl sites for hydroxylation is 1. The van der Waals surface area contributed by atoms with Gasteiger partial charge in [0.2, 0.25) is 0 Å². The summed E-state index contributed by atoms with van der Waals surface area (Å²) < 4.78 is 6.71. The molecular weight excluding hydrogens is 388 g/mol. The van der Waals surface area contributed by atoms with Crippen LogP contribution in [0.2, 0.25) is 0 Å². The molecular formula is C31H54O. The van der Waals surface area contributed by atoms with Crippen LogP contribution in [0.5, 0.6) is 5.75 Å². The topological polar surface area (TPSA) is 9.23 Å². The molecule has 0 saturated carbocycles. The molecule has 1 nitrogen and oxygen atoms in total. The summed E-state index contributed by atoms with van der Waals surface area (Å²) in [5.74, 6) is 4.38. The number of fused-ring (bicyclic) bond motifs is 1. The molecule has 1 aromatic rings. The average Bonchev–Trinajstić information content (AvgIpc) is 2.70. The molecule has 0 aliphatic carbocycles. The summed E-state index contributed by atoms with van der Waals surface area (Å²) in [6.07, 6.45) is 14.6. The Morgan fingerprint density at radius 1 is 0.812 bits per heavy atom. The SMILES string of the molecule is Cc1c(C(C)C)cc2c(c1C)OC(C)(CCCC(C)CCCC(C)CCCC(C)C)CC2. The third-order valence-corrected chi connectivity index (χ3v) is 8.13. The molecule has 0 spiro atoms. The molecule has 3 unspecified atom stereocenters. The zero-order valence-electron chi connectivity index (χ0n) is 23.1. The molecule has 0 amide bonds. The van der Waals surface area contributed by atoms with Crippen LogP contribution in [0.3, 0.4) is 0 Å². The summed E-state index contributed by atoms with van der Waals surface area (Å²) in [5.41, 5.74) is 5.73. The quantitative estimate of drug-likeness (QED) is 0.295. The number of ether oxygens (including phenoxy) is 1. The maximum Gasteiger partial charge on any atom is 0.126 e. The van der Waals surface area contributed by atoms with Gasteiger partial charge in [0.05, 0.1) is 0 Å². The van der Waals surface area contributed by atoms with Crippen molar-refractivity contribution < 1.29 is 4.74 Å². The lowest BCUT2D eigenvalue weighted by atomic mass is 9.83. The maximum atomic E-state index is 6.71. The fraction of sp³-hybridized carbons (Fsp3) is 0.806. The predicted octanol–water partition coefficient (Wildman–Crippen LogP) is 9.95. The first-order valence-electron chi connectivity index (χ1n) is 13.8. The van der Waals surface area contributed by atoms with Crippen LogP contribution in [0.15, 0.2) is 6.07 Å².